The molecule has 2 heterocycles. The van der Waals surface area contributed by atoms with E-state index < -0.39 is 0 Å². The first-order chi connectivity index (χ1) is 17.1. The van der Waals surface area contributed by atoms with Gasteiger partial charge in [-0.25, -0.2) is 0 Å². The first kappa shape index (κ1) is 31.4. The van der Waals surface area contributed by atoms with Crippen LogP contribution >= 0.6 is 24.8 Å². The van der Waals surface area contributed by atoms with Crippen molar-refractivity contribution < 1.29 is 14.4 Å². The Hall–Kier alpha value is -1.83. The molecule has 3 aromatic rings. The van der Waals surface area contributed by atoms with Crippen LogP contribution in [0.25, 0.3) is 11.0 Å². The van der Waals surface area contributed by atoms with Gasteiger partial charge in [0.25, 0.3) is 0 Å². The average Bonchev–Trinajstić information content (AvgIpc) is 3.55. The number of rotatable bonds is 9. The average molecular weight is 553 g/mol. The maximum Gasteiger partial charge on any atom is 0.173 e. The van der Waals surface area contributed by atoms with E-state index in [0.717, 1.165) is 66.1 Å². The number of benzene rings is 2. The molecule has 6 nitrogen and oxygen atoms in total. The van der Waals surface area contributed by atoms with Crippen LogP contribution in [0.3, 0.4) is 0 Å². The number of nitrogens with one attached hydrogen (secondary N) is 1. The maximum absolute atomic E-state index is 9.52. The van der Waals surface area contributed by atoms with Gasteiger partial charge in [-0.3, -0.25) is 4.90 Å². The van der Waals surface area contributed by atoms with Crippen LogP contribution in [0.1, 0.15) is 48.9 Å². The SMILES string of the molecule is CNC.Cc1c(OCC2(CO)CC2)ccc2c(CCC3CCN(Cc4ccccc4)CC3)noc12.Cl.Cl. The van der Waals surface area contributed by atoms with E-state index in [1.807, 2.05) is 27.1 Å². The smallest absolute Gasteiger partial charge is 0.173 e. The number of aromatic nitrogens is 1. The van der Waals surface area contributed by atoms with E-state index in [-0.39, 0.29) is 36.8 Å². The third-order valence-electron chi connectivity index (χ3n) is 7.49. The Morgan fingerprint density at radius 3 is 2.38 bits per heavy atom. The quantitative estimate of drug-likeness (QED) is 0.349. The molecule has 1 saturated carbocycles. The Labute approximate surface area is 233 Å². The predicted molar refractivity (Wildman–Crippen MR) is 155 cm³/mol. The second kappa shape index (κ2) is 14.9. The zero-order chi connectivity index (χ0) is 24.7. The lowest BCUT2D eigenvalue weighted by molar-refractivity contribution is 0.146. The largest absolute Gasteiger partial charge is 0.493 e. The number of nitrogens with zero attached hydrogens (tertiary/aromatic N) is 2. The number of halogens is 2. The molecule has 2 aliphatic rings. The van der Waals surface area contributed by atoms with Crippen molar-refractivity contribution in [1.29, 1.82) is 0 Å². The van der Waals surface area contributed by atoms with Gasteiger partial charge in [0.05, 0.1) is 18.9 Å². The van der Waals surface area contributed by atoms with Gasteiger partial charge in [0.15, 0.2) is 5.58 Å². The number of hydrogen-bond acceptors (Lipinski definition) is 6. The zero-order valence-corrected chi connectivity index (χ0v) is 24.0. The normalized spacial score (nSPS) is 16.8. The summed E-state index contributed by atoms with van der Waals surface area (Å²) < 4.78 is 11.8. The highest BCUT2D eigenvalue weighted by molar-refractivity contribution is 5.86. The molecular weight excluding hydrogens is 509 g/mol. The molecule has 0 atom stereocenters. The van der Waals surface area contributed by atoms with Crippen LogP contribution in [0.5, 0.6) is 5.75 Å². The van der Waals surface area contributed by atoms with Crippen LogP contribution in [-0.2, 0) is 13.0 Å². The number of fused-ring (bicyclic) bond motifs is 1. The predicted octanol–water partition coefficient (Wildman–Crippen LogP) is 5.81. The minimum Gasteiger partial charge on any atom is -0.493 e. The second-order valence-corrected chi connectivity index (χ2v) is 10.4. The lowest BCUT2D eigenvalue weighted by atomic mass is 9.91. The Balaban J connectivity index is 0.000000919. The van der Waals surface area contributed by atoms with E-state index >= 15 is 0 Å². The number of hydrogen-bond donors (Lipinski definition) is 2. The number of likely N-dealkylation sites (tertiary alicyclic amines) is 1. The van der Waals surface area contributed by atoms with Crippen LogP contribution in [0, 0.1) is 18.3 Å². The Morgan fingerprint density at radius 2 is 1.76 bits per heavy atom. The number of ether oxygens (including phenoxy) is 1. The summed E-state index contributed by atoms with van der Waals surface area (Å²) in [4.78, 5) is 2.57. The van der Waals surface area contributed by atoms with Gasteiger partial charge in [-0.05, 0) is 96.2 Å². The highest BCUT2D eigenvalue weighted by atomic mass is 35.5. The highest BCUT2D eigenvalue weighted by Gasteiger charge is 2.43. The topological polar surface area (TPSA) is 70.8 Å². The fraction of sp³-hybridized carbons (Fsp3) is 0.552. The standard InChI is InChI=1S/C27H34N2O3.C2H7N.2ClH/c1-20-25(31-19-27(18-30)13-14-27)10-8-23-24(28-32-26(20)23)9-7-21-11-15-29(16-12-21)17-22-5-3-2-4-6-22;1-3-2;;/h2-6,8,10,21,30H,7,9,11-19H2,1H3;3H,1-2H3;2*1H. The van der Waals surface area contributed by atoms with Gasteiger partial charge in [0, 0.05) is 22.9 Å². The molecular formula is C29H43Cl2N3O3. The van der Waals surface area contributed by atoms with Crippen molar-refractivity contribution in [3.8, 4) is 5.75 Å². The second-order valence-electron chi connectivity index (χ2n) is 10.4. The highest BCUT2D eigenvalue weighted by Crippen LogP contribution is 2.45. The van der Waals surface area contributed by atoms with Gasteiger partial charge in [-0.1, -0.05) is 35.5 Å². The lowest BCUT2D eigenvalue weighted by Crippen LogP contribution is -2.33. The first-order valence-corrected chi connectivity index (χ1v) is 13.0. The summed E-state index contributed by atoms with van der Waals surface area (Å²) >= 11 is 0. The van der Waals surface area contributed by atoms with Crippen LogP contribution in [0.2, 0.25) is 0 Å². The summed E-state index contributed by atoms with van der Waals surface area (Å²) in [5.74, 6) is 1.59. The fourth-order valence-corrected chi connectivity index (χ4v) is 4.88. The molecule has 0 unspecified atom stereocenters. The van der Waals surface area contributed by atoms with Gasteiger partial charge in [-0.15, -0.1) is 24.8 Å². The molecule has 0 amide bonds. The van der Waals surface area contributed by atoms with Gasteiger partial charge >= 0.3 is 0 Å². The molecule has 2 fully saturated rings. The van der Waals surface area contributed by atoms with Crippen LogP contribution in [0.4, 0.5) is 0 Å². The Bertz CT molecular complexity index is 1060. The van der Waals surface area contributed by atoms with E-state index in [2.05, 4.69) is 51.8 Å². The van der Waals surface area contributed by atoms with E-state index in [9.17, 15) is 5.11 Å². The Kier molecular flexibility index (Phi) is 12.7. The summed E-state index contributed by atoms with van der Waals surface area (Å²) in [6.45, 7) is 6.21. The minimum absolute atomic E-state index is 0. The molecule has 1 aromatic heterocycles. The first-order valence-electron chi connectivity index (χ1n) is 13.0. The maximum atomic E-state index is 9.52. The third kappa shape index (κ3) is 8.33. The number of aryl methyl sites for hydroxylation is 2. The third-order valence-corrected chi connectivity index (χ3v) is 7.49. The molecule has 1 aliphatic carbocycles. The van der Waals surface area contributed by atoms with Crippen molar-refractivity contribution >= 4 is 35.8 Å². The van der Waals surface area contributed by atoms with Crippen molar-refractivity contribution in [3.63, 3.8) is 0 Å². The van der Waals surface area contributed by atoms with Crippen LogP contribution in [-0.4, -0.2) is 55.6 Å². The van der Waals surface area contributed by atoms with E-state index in [0.29, 0.717) is 6.61 Å². The van der Waals surface area contributed by atoms with Crippen LogP contribution < -0.4 is 10.1 Å². The van der Waals surface area contributed by atoms with Gasteiger partial charge < -0.3 is 19.7 Å². The van der Waals surface area contributed by atoms with E-state index in [1.165, 1.54) is 31.5 Å². The van der Waals surface area contributed by atoms with Gasteiger partial charge in [0.2, 0.25) is 0 Å². The van der Waals surface area contributed by atoms with Crippen molar-refractivity contribution in [2.75, 3.05) is 40.4 Å². The number of aliphatic hydroxyl groups is 1. The van der Waals surface area contributed by atoms with Gasteiger partial charge in [-0.2, -0.15) is 0 Å². The molecule has 0 radical (unpaired) electrons. The molecule has 1 aliphatic heterocycles. The van der Waals surface area contributed by atoms with E-state index in [4.69, 9.17) is 9.26 Å². The van der Waals surface area contributed by atoms with E-state index in [1.54, 1.807) is 0 Å². The molecule has 5 rings (SSSR count). The molecule has 2 aromatic carbocycles. The van der Waals surface area contributed by atoms with Crippen molar-refractivity contribution in [2.45, 2.75) is 52.0 Å². The fourth-order valence-electron chi connectivity index (χ4n) is 4.88. The summed E-state index contributed by atoms with van der Waals surface area (Å²) in [6.07, 6.45) is 6.73. The lowest BCUT2D eigenvalue weighted by Gasteiger charge is -2.31. The molecule has 0 spiro atoms. The molecule has 8 heteroatoms. The zero-order valence-electron chi connectivity index (χ0n) is 22.4. The molecule has 1 saturated heterocycles. The minimum atomic E-state index is -0.0232. The summed E-state index contributed by atoms with van der Waals surface area (Å²) in [6, 6.07) is 14.9. The molecule has 37 heavy (non-hydrogen) atoms. The van der Waals surface area contributed by atoms with Crippen molar-refractivity contribution in [2.24, 2.45) is 11.3 Å². The summed E-state index contributed by atoms with van der Waals surface area (Å²) in [5.41, 5.74) is 4.29. The number of piperidine rings is 1. The number of aliphatic hydroxyl groups excluding tert-OH is 1. The summed E-state index contributed by atoms with van der Waals surface area (Å²) in [5, 5.41) is 17.8. The molecule has 206 valence electrons. The monoisotopic (exact) mass is 551 g/mol. The van der Waals surface area contributed by atoms with Crippen molar-refractivity contribution in [1.82, 2.24) is 15.4 Å². The molecule has 2 N–H and O–H groups in total. The summed E-state index contributed by atoms with van der Waals surface area (Å²) in [7, 11) is 3.75. The van der Waals surface area contributed by atoms with Crippen molar-refractivity contribution in [3.05, 3.63) is 59.3 Å². The van der Waals surface area contributed by atoms with Gasteiger partial charge in [0.1, 0.15) is 5.75 Å². The molecule has 0 bridgehead atoms. The Morgan fingerprint density at radius 1 is 1.08 bits per heavy atom. The van der Waals surface area contributed by atoms with Crippen LogP contribution in [0.15, 0.2) is 47.0 Å².